The lowest BCUT2D eigenvalue weighted by Gasteiger charge is -2.35. The number of nitrogens with two attached hydrogens (primary N) is 1. The van der Waals surface area contributed by atoms with Gasteiger partial charge in [0.1, 0.15) is 0 Å². The van der Waals surface area contributed by atoms with E-state index in [0.29, 0.717) is 24.4 Å². The normalized spacial score (nSPS) is 25.5. The zero-order valence-corrected chi connectivity index (χ0v) is 15.9. The largest absolute Gasteiger partial charge is 0.339 e. The maximum Gasteiger partial charge on any atom is 0.229 e. The molecule has 1 aromatic rings. The Morgan fingerprint density at radius 1 is 1.38 bits per heavy atom. The molecule has 2 fully saturated rings. The number of hydrogen-bond donors (Lipinski definition) is 1. The van der Waals surface area contributed by atoms with E-state index < -0.39 is 0 Å². The summed E-state index contributed by atoms with van der Waals surface area (Å²) in [5, 5.41) is 0.751. The number of carbonyl (C=O) groups is 1. The second kappa shape index (κ2) is 8.07. The first kappa shape index (κ1) is 19.6. The summed E-state index contributed by atoms with van der Waals surface area (Å²) < 4.78 is 0. The number of carbonyl (C=O) groups excluding carboxylic acids is 1. The topological polar surface area (TPSA) is 46.3 Å². The monoisotopic (exact) mass is 370 g/mol. The maximum absolute atomic E-state index is 13.4. The van der Waals surface area contributed by atoms with Gasteiger partial charge >= 0.3 is 0 Å². The molecule has 1 saturated heterocycles. The molecule has 24 heavy (non-hydrogen) atoms. The van der Waals surface area contributed by atoms with Gasteiger partial charge in [-0.3, -0.25) is 4.79 Å². The predicted molar refractivity (Wildman–Crippen MR) is 102 cm³/mol. The third-order valence-electron chi connectivity index (χ3n) is 5.70. The van der Waals surface area contributed by atoms with Gasteiger partial charge in [0, 0.05) is 17.6 Å². The molecule has 2 atom stereocenters. The molecular weight excluding hydrogens is 343 g/mol. The molecule has 1 heterocycles. The minimum Gasteiger partial charge on any atom is -0.339 e. The van der Waals surface area contributed by atoms with Crippen molar-refractivity contribution in [1.82, 2.24) is 4.90 Å². The molecule has 134 valence electrons. The van der Waals surface area contributed by atoms with Gasteiger partial charge in [-0.1, -0.05) is 36.6 Å². The van der Waals surface area contributed by atoms with Crippen LogP contribution < -0.4 is 5.73 Å². The van der Waals surface area contributed by atoms with Crippen LogP contribution in [-0.2, 0) is 11.2 Å². The Hall–Kier alpha value is -0.770. The highest BCUT2D eigenvalue weighted by atomic mass is 35.5. The number of halogens is 2. The molecule has 3 nitrogen and oxygen atoms in total. The SMILES string of the molecule is CC1CC(CN)CN1C(=O)C1(Cc2cccc(Cl)c2)CCCC1.Cl. The van der Waals surface area contributed by atoms with Crippen LogP contribution in [0, 0.1) is 11.3 Å². The van der Waals surface area contributed by atoms with Crippen LogP contribution in [0.3, 0.4) is 0 Å². The highest BCUT2D eigenvalue weighted by Gasteiger charge is 2.46. The van der Waals surface area contributed by atoms with Crippen molar-refractivity contribution in [2.75, 3.05) is 13.1 Å². The zero-order valence-electron chi connectivity index (χ0n) is 14.3. The first-order chi connectivity index (χ1) is 11.0. The van der Waals surface area contributed by atoms with E-state index in [0.717, 1.165) is 50.1 Å². The number of likely N-dealkylation sites (tertiary alicyclic amines) is 1. The molecule has 2 N–H and O–H groups in total. The smallest absolute Gasteiger partial charge is 0.229 e. The number of nitrogens with zero attached hydrogens (tertiary/aromatic N) is 1. The Labute approximate surface area is 156 Å². The van der Waals surface area contributed by atoms with Crippen LogP contribution in [0.15, 0.2) is 24.3 Å². The number of amides is 1. The number of benzene rings is 1. The summed E-state index contributed by atoms with van der Waals surface area (Å²) in [7, 11) is 0. The average Bonchev–Trinajstić information content (AvgIpc) is 3.14. The fourth-order valence-corrected chi connectivity index (χ4v) is 4.67. The lowest BCUT2D eigenvalue weighted by atomic mass is 9.78. The summed E-state index contributed by atoms with van der Waals surface area (Å²) in [4.78, 5) is 15.5. The van der Waals surface area contributed by atoms with Crippen LogP contribution in [0.5, 0.6) is 0 Å². The number of rotatable bonds is 4. The molecular formula is C19H28Cl2N2O. The first-order valence-corrected chi connectivity index (χ1v) is 9.17. The van der Waals surface area contributed by atoms with Crippen molar-refractivity contribution in [2.24, 2.45) is 17.1 Å². The Kier molecular flexibility index (Phi) is 6.58. The van der Waals surface area contributed by atoms with Crippen molar-refractivity contribution in [1.29, 1.82) is 0 Å². The highest BCUT2D eigenvalue weighted by molar-refractivity contribution is 6.30. The molecule has 5 heteroatoms. The van der Waals surface area contributed by atoms with Crippen LogP contribution in [0.4, 0.5) is 0 Å². The summed E-state index contributed by atoms with van der Waals surface area (Å²) in [6.07, 6.45) is 6.13. The molecule has 0 bridgehead atoms. The molecule has 0 aromatic heterocycles. The van der Waals surface area contributed by atoms with Gasteiger partial charge in [0.05, 0.1) is 5.41 Å². The standard InChI is InChI=1S/C19H27ClN2O.ClH/c1-14-9-16(12-21)13-22(14)18(23)19(7-2-3-8-19)11-15-5-4-6-17(20)10-15;/h4-6,10,14,16H,2-3,7-9,11-13,21H2,1H3;1H. The van der Waals surface area contributed by atoms with Gasteiger partial charge in [0.25, 0.3) is 0 Å². The van der Waals surface area contributed by atoms with E-state index in [2.05, 4.69) is 17.9 Å². The fourth-order valence-electron chi connectivity index (χ4n) is 4.46. The van der Waals surface area contributed by atoms with E-state index in [4.69, 9.17) is 17.3 Å². The van der Waals surface area contributed by atoms with Crippen molar-refractivity contribution < 1.29 is 4.79 Å². The van der Waals surface area contributed by atoms with Crippen molar-refractivity contribution in [3.8, 4) is 0 Å². The molecule has 0 radical (unpaired) electrons. The molecule has 1 amide bonds. The molecule has 1 aromatic carbocycles. The minimum absolute atomic E-state index is 0. The molecule has 0 spiro atoms. The average molecular weight is 371 g/mol. The van der Waals surface area contributed by atoms with Gasteiger partial charge in [0.2, 0.25) is 5.91 Å². The van der Waals surface area contributed by atoms with Crippen LogP contribution in [0.2, 0.25) is 5.02 Å². The predicted octanol–water partition coefficient (Wildman–Crippen LogP) is 4.06. The van der Waals surface area contributed by atoms with Crippen molar-refractivity contribution in [3.63, 3.8) is 0 Å². The molecule has 1 aliphatic heterocycles. The highest BCUT2D eigenvalue weighted by Crippen LogP contribution is 2.44. The lowest BCUT2D eigenvalue weighted by molar-refractivity contribution is -0.142. The Bertz CT molecular complexity index is 572. The Morgan fingerprint density at radius 3 is 2.67 bits per heavy atom. The van der Waals surface area contributed by atoms with E-state index in [1.54, 1.807) is 0 Å². The van der Waals surface area contributed by atoms with Crippen LogP contribution in [-0.4, -0.2) is 29.9 Å². The summed E-state index contributed by atoms with van der Waals surface area (Å²) >= 11 is 6.13. The molecule has 2 aliphatic rings. The van der Waals surface area contributed by atoms with E-state index in [-0.39, 0.29) is 17.8 Å². The van der Waals surface area contributed by atoms with Crippen molar-refractivity contribution in [3.05, 3.63) is 34.9 Å². The van der Waals surface area contributed by atoms with E-state index in [9.17, 15) is 4.79 Å². The fraction of sp³-hybridized carbons (Fsp3) is 0.632. The molecule has 1 aliphatic carbocycles. The van der Waals surface area contributed by atoms with E-state index in [1.807, 2.05) is 18.2 Å². The van der Waals surface area contributed by atoms with E-state index in [1.165, 1.54) is 5.56 Å². The van der Waals surface area contributed by atoms with Gasteiger partial charge in [-0.2, -0.15) is 0 Å². The van der Waals surface area contributed by atoms with Gasteiger partial charge in [-0.25, -0.2) is 0 Å². The van der Waals surface area contributed by atoms with Gasteiger partial charge in [0.15, 0.2) is 0 Å². The summed E-state index contributed by atoms with van der Waals surface area (Å²) in [6, 6.07) is 8.28. The van der Waals surface area contributed by atoms with Crippen LogP contribution in [0.25, 0.3) is 0 Å². The second-order valence-corrected chi connectivity index (χ2v) is 7.87. The third-order valence-corrected chi connectivity index (χ3v) is 5.94. The minimum atomic E-state index is -0.234. The van der Waals surface area contributed by atoms with Crippen LogP contribution in [0.1, 0.15) is 44.6 Å². The van der Waals surface area contributed by atoms with Gasteiger partial charge < -0.3 is 10.6 Å². The van der Waals surface area contributed by atoms with Crippen molar-refractivity contribution >= 4 is 29.9 Å². The molecule has 1 saturated carbocycles. The van der Waals surface area contributed by atoms with E-state index >= 15 is 0 Å². The maximum atomic E-state index is 13.4. The summed E-state index contributed by atoms with van der Waals surface area (Å²) in [6.45, 7) is 3.67. The van der Waals surface area contributed by atoms with Crippen LogP contribution >= 0.6 is 24.0 Å². The zero-order chi connectivity index (χ0) is 16.4. The molecule has 3 rings (SSSR count). The lowest BCUT2D eigenvalue weighted by Crippen LogP contribution is -2.45. The third kappa shape index (κ3) is 3.89. The summed E-state index contributed by atoms with van der Waals surface area (Å²) in [5.41, 5.74) is 6.77. The molecule has 2 unspecified atom stereocenters. The van der Waals surface area contributed by atoms with Gasteiger partial charge in [-0.05, 0) is 62.8 Å². The quantitative estimate of drug-likeness (QED) is 0.868. The Morgan fingerprint density at radius 2 is 2.08 bits per heavy atom. The first-order valence-electron chi connectivity index (χ1n) is 8.80. The second-order valence-electron chi connectivity index (χ2n) is 7.44. The van der Waals surface area contributed by atoms with Crippen molar-refractivity contribution in [2.45, 2.75) is 51.5 Å². The van der Waals surface area contributed by atoms with Gasteiger partial charge in [-0.15, -0.1) is 12.4 Å². The summed E-state index contributed by atoms with van der Waals surface area (Å²) in [5.74, 6) is 0.803. The Balaban J connectivity index is 0.00000208. The number of hydrogen-bond acceptors (Lipinski definition) is 2.